The quantitative estimate of drug-likeness (QED) is 0.692. The van der Waals surface area contributed by atoms with Gasteiger partial charge in [0.1, 0.15) is 0 Å². The highest BCUT2D eigenvalue weighted by atomic mass is 19.4. The van der Waals surface area contributed by atoms with Crippen LogP contribution >= 0.6 is 0 Å². The smallest absolute Gasteiger partial charge is 0.369 e. The molecule has 0 spiro atoms. The van der Waals surface area contributed by atoms with Crippen LogP contribution in [0.2, 0.25) is 0 Å². The summed E-state index contributed by atoms with van der Waals surface area (Å²) < 4.78 is 36.4. The number of allylic oxidation sites excluding steroid dienone is 1. The summed E-state index contributed by atoms with van der Waals surface area (Å²) in [5, 5.41) is 1.87. The Morgan fingerprint density at radius 1 is 1.24 bits per heavy atom. The molecule has 1 fully saturated rings. The number of carbonyl (C=O) groups is 2. The Balaban J connectivity index is 2.13. The molecular weight excluding hydrogens is 237 g/mol. The Morgan fingerprint density at radius 2 is 1.82 bits per heavy atom. The van der Waals surface area contributed by atoms with Crippen molar-refractivity contribution in [3.63, 3.8) is 0 Å². The summed E-state index contributed by atoms with van der Waals surface area (Å²) in [6.45, 7) is 0. The van der Waals surface area contributed by atoms with E-state index >= 15 is 0 Å². The van der Waals surface area contributed by atoms with Gasteiger partial charge in [0.25, 0.3) is 0 Å². The number of alkyl halides is 3. The van der Waals surface area contributed by atoms with Gasteiger partial charge in [-0.05, 0) is 18.3 Å². The molecule has 0 aliphatic heterocycles. The van der Waals surface area contributed by atoms with Crippen molar-refractivity contribution in [2.45, 2.75) is 18.6 Å². The fraction of sp³-hybridized carbons (Fsp3) is 0.600. The highest BCUT2D eigenvalue weighted by Crippen LogP contribution is 2.43. The summed E-state index contributed by atoms with van der Waals surface area (Å²) in [5.41, 5.74) is 5.15. The van der Waals surface area contributed by atoms with Crippen molar-refractivity contribution < 1.29 is 22.8 Å². The Kier molecular flexibility index (Phi) is 2.63. The summed E-state index contributed by atoms with van der Waals surface area (Å²) in [6, 6.07) is -0.836. The van der Waals surface area contributed by atoms with Gasteiger partial charge in [-0.3, -0.25) is 9.59 Å². The van der Waals surface area contributed by atoms with Crippen LogP contribution in [-0.2, 0) is 9.59 Å². The van der Waals surface area contributed by atoms with E-state index in [0.717, 1.165) is 0 Å². The lowest BCUT2D eigenvalue weighted by atomic mass is 9.88. The molecule has 0 aromatic heterocycles. The van der Waals surface area contributed by atoms with Crippen molar-refractivity contribution >= 4 is 11.8 Å². The molecule has 17 heavy (non-hydrogen) atoms. The lowest BCUT2D eigenvalue weighted by molar-refractivity contribution is -0.175. The molecule has 0 aromatic carbocycles. The van der Waals surface area contributed by atoms with Gasteiger partial charge in [0.15, 0.2) is 0 Å². The van der Waals surface area contributed by atoms with Crippen molar-refractivity contribution in [3.05, 3.63) is 12.2 Å². The fourth-order valence-electron chi connectivity index (χ4n) is 2.64. The van der Waals surface area contributed by atoms with Gasteiger partial charge in [-0.2, -0.15) is 13.2 Å². The van der Waals surface area contributed by atoms with Gasteiger partial charge in [-0.25, -0.2) is 0 Å². The zero-order valence-corrected chi connectivity index (χ0v) is 8.70. The molecule has 7 heteroatoms. The van der Waals surface area contributed by atoms with E-state index in [9.17, 15) is 22.8 Å². The molecule has 2 bridgehead atoms. The zero-order chi connectivity index (χ0) is 12.8. The van der Waals surface area contributed by atoms with Gasteiger partial charge in [0, 0.05) is 6.04 Å². The van der Waals surface area contributed by atoms with E-state index in [2.05, 4.69) is 0 Å². The van der Waals surface area contributed by atoms with E-state index in [1.54, 1.807) is 12.2 Å². The van der Waals surface area contributed by atoms with Gasteiger partial charge < -0.3 is 11.1 Å². The van der Waals surface area contributed by atoms with Crippen LogP contribution in [0.25, 0.3) is 0 Å². The highest BCUT2D eigenvalue weighted by molar-refractivity contribution is 5.84. The van der Waals surface area contributed by atoms with E-state index in [1.807, 2.05) is 5.32 Å². The topological polar surface area (TPSA) is 72.2 Å². The number of carbonyl (C=O) groups excluding carboxylic acids is 2. The first-order valence-electron chi connectivity index (χ1n) is 5.16. The minimum atomic E-state index is -4.94. The predicted molar refractivity (Wildman–Crippen MR) is 51.4 cm³/mol. The number of amides is 2. The SMILES string of the molecule is NC(=O)[C@H]1[C@@H](NC(=O)C(F)(F)F)[C@H]2C=C[C@@H]1C2. The van der Waals surface area contributed by atoms with E-state index in [4.69, 9.17) is 5.73 Å². The number of nitrogens with two attached hydrogens (primary N) is 1. The molecular formula is C10H11F3N2O2. The molecule has 0 radical (unpaired) electrons. The van der Waals surface area contributed by atoms with Gasteiger partial charge in [0.05, 0.1) is 5.92 Å². The number of nitrogens with one attached hydrogen (secondary N) is 1. The van der Waals surface area contributed by atoms with Crippen molar-refractivity contribution in [1.82, 2.24) is 5.32 Å². The van der Waals surface area contributed by atoms with Gasteiger partial charge >= 0.3 is 12.1 Å². The van der Waals surface area contributed by atoms with Crippen LogP contribution in [-0.4, -0.2) is 24.0 Å². The standard InChI is InChI=1S/C10H11F3N2O2/c11-10(12,13)9(17)15-7-5-2-1-4(3-5)6(7)8(14)16/h1-2,4-7H,3H2,(H2,14,16)(H,15,17)/t4-,5+,6-,7+/m1/s1. The van der Waals surface area contributed by atoms with Crippen molar-refractivity contribution in [2.24, 2.45) is 23.5 Å². The van der Waals surface area contributed by atoms with E-state index in [-0.39, 0.29) is 11.8 Å². The molecule has 0 heterocycles. The Hall–Kier alpha value is -1.53. The number of hydrogen-bond donors (Lipinski definition) is 2. The first-order valence-corrected chi connectivity index (χ1v) is 5.16. The Labute approximate surface area is 95.0 Å². The molecule has 0 aromatic rings. The van der Waals surface area contributed by atoms with Gasteiger partial charge in [-0.15, -0.1) is 0 Å². The molecule has 0 unspecified atom stereocenters. The minimum absolute atomic E-state index is 0.156. The molecule has 4 atom stereocenters. The van der Waals surface area contributed by atoms with Crippen LogP contribution < -0.4 is 11.1 Å². The second-order valence-electron chi connectivity index (χ2n) is 4.37. The van der Waals surface area contributed by atoms with E-state index < -0.39 is 30.0 Å². The highest BCUT2D eigenvalue weighted by Gasteiger charge is 2.50. The van der Waals surface area contributed by atoms with E-state index in [1.165, 1.54) is 0 Å². The fourth-order valence-corrected chi connectivity index (χ4v) is 2.64. The first kappa shape index (κ1) is 11.9. The summed E-state index contributed by atoms with van der Waals surface area (Å²) in [7, 11) is 0. The summed E-state index contributed by atoms with van der Waals surface area (Å²) >= 11 is 0. The number of rotatable bonds is 2. The summed E-state index contributed by atoms with van der Waals surface area (Å²) in [5.74, 6) is -3.82. The maximum atomic E-state index is 12.1. The normalized spacial score (nSPS) is 35.0. The summed E-state index contributed by atoms with van der Waals surface area (Å²) in [4.78, 5) is 22.0. The number of halogens is 3. The molecule has 2 aliphatic carbocycles. The lowest BCUT2D eigenvalue weighted by Crippen LogP contribution is -2.51. The third kappa shape index (κ3) is 2.01. The molecule has 2 aliphatic rings. The predicted octanol–water partition coefficient (Wildman–Crippen LogP) is 0.341. The van der Waals surface area contributed by atoms with Crippen LogP contribution in [0, 0.1) is 17.8 Å². The van der Waals surface area contributed by atoms with Crippen LogP contribution in [0.3, 0.4) is 0 Å². The third-order valence-corrected chi connectivity index (χ3v) is 3.34. The molecule has 2 rings (SSSR count). The lowest BCUT2D eigenvalue weighted by Gasteiger charge is -2.26. The van der Waals surface area contributed by atoms with Crippen molar-refractivity contribution in [3.8, 4) is 0 Å². The zero-order valence-electron chi connectivity index (χ0n) is 8.70. The average molecular weight is 248 g/mol. The number of primary amides is 1. The Morgan fingerprint density at radius 3 is 2.35 bits per heavy atom. The van der Waals surface area contributed by atoms with Crippen molar-refractivity contribution in [1.29, 1.82) is 0 Å². The van der Waals surface area contributed by atoms with Gasteiger partial charge in [-0.1, -0.05) is 12.2 Å². The average Bonchev–Trinajstić information content (AvgIpc) is 2.75. The first-order chi connectivity index (χ1) is 7.80. The van der Waals surface area contributed by atoms with Crippen LogP contribution in [0.1, 0.15) is 6.42 Å². The molecule has 0 saturated heterocycles. The maximum absolute atomic E-state index is 12.1. The van der Waals surface area contributed by atoms with E-state index in [0.29, 0.717) is 6.42 Å². The van der Waals surface area contributed by atoms with Crippen LogP contribution in [0.15, 0.2) is 12.2 Å². The third-order valence-electron chi connectivity index (χ3n) is 3.34. The Bertz CT molecular complexity index is 392. The monoisotopic (exact) mass is 248 g/mol. The second kappa shape index (κ2) is 3.75. The van der Waals surface area contributed by atoms with Crippen molar-refractivity contribution in [2.75, 3.05) is 0 Å². The number of hydrogen-bond acceptors (Lipinski definition) is 2. The van der Waals surface area contributed by atoms with Crippen LogP contribution in [0.4, 0.5) is 13.2 Å². The molecule has 94 valence electrons. The van der Waals surface area contributed by atoms with Gasteiger partial charge in [0.2, 0.25) is 5.91 Å². The molecule has 4 nitrogen and oxygen atoms in total. The largest absolute Gasteiger partial charge is 0.471 e. The second-order valence-corrected chi connectivity index (χ2v) is 4.37. The number of fused-ring (bicyclic) bond motifs is 2. The van der Waals surface area contributed by atoms with Crippen LogP contribution in [0.5, 0.6) is 0 Å². The minimum Gasteiger partial charge on any atom is -0.369 e. The summed E-state index contributed by atoms with van der Waals surface area (Å²) in [6.07, 6.45) is -0.869. The molecule has 2 amide bonds. The molecule has 3 N–H and O–H groups in total. The molecule has 1 saturated carbocycles. The maximum Gasteiger partial charge on any atom is 0.471 e.